The number of likely N-dealkylation sites (N-methyl/N-ethyl adjacent to an activating group) is 1. The molecule has 0 saturated heterocycles. The van der Waals surface area contributed by atoms with Crippen LogP contribution in [0.15, 0.2) is 18.2 Å². The summed E-state index contributed by atoms with van der Waals surface area (Å²) in [4.78, 5) is 2.40. The lowest BCUT2D eigenvalue weighted by molar-refractivity contribution is 0.182. The van der Waals surface area contributed by atoms with E-state index in [4.69, 9.17) is 4.74 Å². The summed E-state index contributed by atoms with van der Waals surface area (Å²) in [5.41, 5.74) is 3.99. The Kier molecular flexibility index (Phi) is 6.89. The molecule has 0 amide bonds. The first-order valence-electron chi connectivity index (χ1n) is 7.19. The maximum absolute atomic E-state index is 5.27. The molecule has 108 valence electrons. The molecule has 0 saturated carbocycles. The summed E-state index contributed by atoms with van der Waals surface area (Å²) >= 11 is 0. The first kappa shape index (κ1) is 16.0. The number of rotatable bonds is 8. The second-order valence-electron chi connectivity index (χ2n) is 4.99. The second kappa shape index (κ2) is 8.18. The molecule has 1 atom stereocenters. The molecule has 0 radical (unpaired) electrons. The lowest BCUT2D eigenvalue weighted by Gasteiger charge is -2.31. The fraction of sp³-hybridized carbons (Fsp3) is 0.625. The largest absolute Gasteiger partial charge is 0.383 e. The summed E-state index contributed by atoms with van der Waals surface area (Å²) in [6, 6.07) is 7.12. The molecular weight excluding hydrogens is 236 g/mol. The van der Waals surface area contributed by atoms with Gasteiger partial charge < -0.3 is 15.0 Å². The number of ether oxygens (including phenoxy) is 1. The molecule has 1 aromatic rings. The van der Waals surface area contributed by atoms with Crippen LogP contribution in [-0.2, 0) is 11.3 Å². The Morgan fingerprint density at radius 2 is 2.05 bits per heavy atom. The first-order chi connectivity index (χ1) is 9.13. The van der Waals surface area contributed by atoms with Crippen LogP contribution < -0.4 is 10.2 Å². The molecule has 19 heavy (non-hydrogen) atoms. The molecule has 0 aromatic heterocycles. The molecule has 3 nitrogen and oxygen atoms in total. The Balaban J connectivity index is 2.86. The van der Waals surface area contributed by atoms with E-state index in [1.54, 1.807) is 7.11 Å². The number of nitrogens with zero attached hydrogens (tertiary/aromatic N) is 1. The number of methoxy groups -OCH3 is 1. The van der Waals surface area contributed by atoms with Gasteiger partial charge >= 0.3 is 0 Å². The van der Waals surface area contributed by atoms with E-state index in [2.05, 4.69) is 56.1 Å². The average Bonchev–Trinajstić information content (AvgIpc) is 2.39. The molecule has 1 aromatic carbocycles. The van der Waals surface area contributed by atoms with Crippen LogP contribution >= 0.6 is 0 Å². The zero-order chi connectivity index (χ0) is 14.3. The molecular formula is C16H28N2O. The third-order valence-electron chi connectivity index (χ3n) is 3.43. The van der Waals surface area contributed by atoms with E-state index in [1.165, 1.54) is 16.8 Å². The van der Waals surface area contributed by atoms with Gasteiger partial charge in [0.1, 0.15) is 0 Å². The first-order valence-corrected chi connectivity index (χ1v) is 7.19. The van der Waals surface area contributed by atoms with E-state index < -0.39 is 0 Å². The highest BCUT2D eigenvalue weighted by molar-refractivity contribution is 5.55. The number of hydrogen-bond acceptors (Lipinski definition) is 3. The van der Waals surface area contributed by atoms with Crippen molar-refractivity contribution in [1.82, 2.24) is 5.32 Å². The van der Waals surface area contributed by atoms with Crippen molar-refractivity contribution in [2.75, 3.05) is 31.7 Å². The number of hydrogen-bond donors (Lipinski definition) is 1. The zero-order valence-corrected chi connectivity index (χ0v) is 13.0. The molecule has 1 rings (SSSR count). The van der Waals surface area contributed by atoms with Crippen LogP contribution in [0.3, 0.4) is 0 Å². The fourth-order valence-electron chi connectivity index (χ4n) is 2.47. The minimum absolute atomic E-state index is 0.397. The minimum Gasteiger partial charge on any atom is -0.383 e. The number of aryl methyl sites for hydroxylation is 1. The summed E-state index contributed by atoms with van der Waals surface area (Å²) < 4.78 is 5.27. The summed E-state index contributed by atoms with van der Waals surface area (Å²) in [5.74, 6) is 0. The molecule has 1 unspecified atom stereocenters. The predicted molar refractivity (Wildman–Crippen MR) is 82.9 cm³/mol. The summed E-state index contributed by atoms with van der Waals surface area (Å²) in [7, 11) is 1.76. The molecule has 0 aliphatic rings. The van der Waals surface area contributed by atoms with Crippen LogP contribution in [0.5, 0.6) is 0 Å². The third-order valence-corrected chi connectivity index (χ3v) is 3.43. The topological polar surface area (TPSA) is 24.5 Å². The van der Waals surface area contributed by atoms with Gasteiger partial charge in [-0.05, 0) is 44.5 Å². The maximum atomic E-state index is 5.27. The Hall–Kier alpha value is -1.06. The Labute approximate surface area is 118 Å². The molecule has 0 fully saturated rings. The van der Waals surface area contributed by atoms with Crippen molar-refractivity contribution in [2.24, 2.45) is 0 Å². The van der Waals surface area contributed by atoms with E-state index in [9.17, 15) is 0 Å². The SMILES string of the molecule is CCNCc1ccc(N(CC)C(C)COC)c(C)c1. The highest BCUT2D eigenvalue weighted by Crippen LogP contribution is 2.23. The van der Waals surface area contributed by atoms with E-state index in [-0.39, 0.29) is 0 Å². The molecule has 0 heterocycles. The number of benzene rings is 1. The maximum Gasteiger partial charge on any atom is 0.0663 e. The lowest BCUT2D eigenvalue weighted by Crippen LogP contribution is -2.36. The molecule has 0 aliphatic carbocycles. The van der Waals surface area contributed by atoms with E-state index in [1.807, 2.05) is 0 Å². The van der Waals surface area contributed by atoms with Gasteiger partial charge in [0.05, 0.1) is 6.61 Å². The molecule has 1 N–H and O–H groups in total. The van der Waals surface area contributed by atoms with E-state index in [0.29, 0.717) is 6.04 Å². The Bertz CT molecular complexity index is 379. The van der Waals surface area contributed by atoms with E-state index >= 15 is 0 Å². The van der Waals surface area contributed by atoms with Crippen molar-refractivity contribution in [2.45, 2.75) is 40.3 Å². The van der Waals surface area contributed by atoms with Gasteiger partial charge in [-0.2, -0.15) is 0 Å². The quantitative estimate of drug-likeness (QED) is 0.781. The van der Waals surface area contributed by atoms with Crippen LogP contribution in [0.4, 0.5) is 5.69 Å². The summed E-state index contributed by atoms with van der Waals surface area (Å²) in [6.07, 6.45) is 0. The molecule has 0 bridgehead atoms. The smallest absolute Gasteiger partial charge is 0.0663 e. The predicted octanol–water partition coefficient (Wildman–Crippen LogP) is 2.97. The van der Waals surface area contributed by atoms with Crippen molar-refractivity contribution < 1.29 is 4.74 Å². The van der Waals surface area contributed by atoms with E-state index in [0.717, 1.165) is 26.2 Å². The van der Waals surface area contributed by atoms with Crippen LogP contribution in [0, 0.1) is 6.92 Å². The summed E-state index contributed by atoms with van der Waals surface area (Å²) in [6.45, 7) is 12.4. The van der Waals surface area contributed by atoms with Gasteiger partial charge in [0, 0.05) is 31.9 Å². The number of nitrogens with one attached hydrogen (secondary N) is 1. The van der Waals surface area contributed by atoms with Crippen molar-refractivity contribution in [3.8, 4) is 0 Å². The standard InChI is InChI=1S/C16H28N2O/c1-6-17-11-15-8-9-16(13(3)10-15)18(7-2)14(4)12-19-5/h8-10,14,17H,6-7,11-12H2,1-5H3. The fourth-order valence-corrected chi connectivity index (χ4v) is 2.47. The van der Waals surface area contributed by atoms with Gasteiger partial charge in [0.15, 0.2) is 0 Å². The third kappa shape index (κ3) is 4.51. The molecule has 0 aliphatic heterocycles. The average molecular weight is 264 g/mol. The zero-order valence-electron chi connectivity index (χ0n) is 13.0. The van der Waals surface area contributed by atoms with Crippen molar-refractivity contribution in [3.63, 3.8) is 0 Å². The van der Waals surface area contributed by atoms with Crippen LogP contribution in [0.25, 0.3) is 0 Å². The van der Waals surface area contributed by atoms with Gasteiger partial charge in [-0.25, -0.2) is 0 Å². The highest BCUT2D eigenvalue weighted by Gasteiger charge is 2.14. The molecule has 0 spiro atoms. The van der Waals surface area contributed by atoms with Gasteiger partial charge in [0.25, 0.3) is 0 Å². The Morgan fingerprint density at radius 3 is 2.58 bits per heavy atom. The summed E-state index contributed by atoms with van der Waals surface area (Å²) in [5, 5.41) is 3.36. The number of anilines is 1. The van der Waals surface area contributed by atoms with Gasteiger partial charge in [-0.1, -0.05) is 19.1 Å². The van der Waals surface area contributed by atoms with Gasteiger partial charge in [-0.15, -0.1) is 0 Å². The van der Waals surface area contributed by atoms with Crippen molar-refractivity contribution >= 4 is 5.69 Å². The van der Waals surface area contributed by atoms with Crippen molar-refractivity contribution in [3.05, 3.63) is 29.3 Å². The Morgan fingerprint density at radius 1 is 1.32 bits per heavy atom. The minimum atomic E-state index is 0.397. The normalized spacial score (nSPS) is 12.5. The highest BCUT2D eigenvalue weighted by atomic mass is 16.5. The van der Waals surface area contributed by atoms with Gasteiger partial charge in [-0.3, -0.25) is 0 Å². The van der Waals surface area contributed by atoms with Crippen LogP contribution in [0.2, 0.25) is 0 Å². The van der Waals surface area contributed by atoms with Crippen LogP contribution in [0.1, 0.15) is 31.9 Å². The lowest BCUT2D eigenvalue weighted by atomic mass is 10.1. The molecule has 3 heteroatoms. The van der Waals surface area contributed by atoms with Crippen LogP contribution in [-0.4, -0.2) is 32.8 Å². The monoisotopic (exact) mass is 264 g/mol. The van der Waals surface area contributed by atoms with Gasteiger partial charge in [0.2, 0.25) is 0 Å². The second-order valence-corrected chi connectivity index (χ2v) is 4.99. The van der Waals surface area contributed by atoms with Crippen molar-refractivity contribution in [1.29, 1.82) is 0 Å².